The first-order valence-corrected chi connectivity index (χ1v) is 8.68. The van der Waals surface area contributed by atoms with E-state index in [9.17, 15) is 8.42 Å². The summed E-state index contributed by atoms with van der Waals surface area (Å²) in [5, 5.41) is 8.77. The maximum absolute atomic E-state index is 12.3. The molecule has 124 valence electrons. The molecule has 2 aromatic rings. The second-order valence-electron chi connectivity index (χ2n) is 5.26. The maximum Gasteiger partial charge on any atom is 0.339 e. The Bertz CT molecular complexity index is 768. The summed E-state index contributed by atoms with van der Waals surface area (Å²) in [7, 11) is -3.89. The SMILES string of the molecule is Cc1cc(OCCCO)cc(OS(=O)(=O)c2cccc(C)c2)c1. The van der Waals surface area contributed by atoms with Gasteiger partial charge < -0.3 is 14.0 Å². The summed E-state index contributed by atoms with van der Waals surface area (Å²) in [4.78, 5) is 0.113. The predicted octanol–water partition coefficient (Wildman–Crippen LogP) is 2.83. The minimum absolute atomic E-state index is 0.0386. The lowest BCUT2D eigenvalue weighted by Gasteiger charge is -2.11. The molecule has 6 heteroatoms. The average Bonchev–Trinajstić information content (AvgIpc) is 2.46. The predicted molar refractivity (Wildman–Crippen MR) is 87.4 cm³/mol. The highest BCUT2D eigenvalue weighted by molar-refractivity contribution is 7.87. The van der Waals surface area contributed by atoms with Gasteiger partial charge in [0.05, 0.1) is 6.61 Å². The molecule has 0 heterocycles. The molecule has 0 saturated carbocycles. The van der Waals surface area contributed by atoms with E-state index in [-0.39, 0.29) is 17.3 Å². The molecule has 0 aliphatic rings. The number of rotatable bonds is 7. The second kappa shape index (κ2) is 7.48. The third kappa shape index (κ3) is 4.97. The molecule has 2 aromatic carbocycles. The summed E-state index contributed by atoms with van der Waals surface area (Å²) < 4.78 is 35.4. The zero-order chi connectivity index (χ0) is 16.9. The monoisotopic (exact) mass is 336 g/mol. The fourth-order valence-electron chi connectivity index (χ4n) is 2.05. The van der Waals surface area contributed by atoms with Crippen molar-refractivity contribution in [1.82, 2.24) is 0 Å². The van der Waals surface area contributed by atoms with E-state index in [1.54, 1.807) is 24.3 Å². The van der Waals surface area contributed by atoms with Crippen LogP contribution >= 0.6 is 0 Å². The van der Waals surface area contributed by atoms with Gasteiger partial charge in [0.1, 0.15) is 16.4 Å². The summed E-state index contributed by atoms with van der Waals surface area (Å²) >= 11 is 0. The molecule has 0 atom stereocenters. The zero-order valence-corrected chi connectivity index (χ0v) is 14.0. The fourth-order valence-corrected chi connectivity index (χ4v) is 3.07. The van der Waals surface area contributed by atoms with Crippen molar-refractivity contribution >= 4 is 10.1 Å². The highest BCUT2D eigenvalue weighted by atomic mass is 32.2. The van der Waals surface area contributed by atoms with Gasteiger partial charge in [-0.25, -0.2) is 0 Å². The summed E-state index contributed by atoms with van der Waals surface area (Å²) in [6, 6.07) is 11.5. The largest absolute Gasteiger partial charge is 0.493 e. The number of hydrogen-bond acceptors (Lipinski definition) is 5. The van der Waals surface area contributed by atoms with Crippen molar-refractivity contribution in [1.29, 1.82) is 0 Å². The van der Waals surface area contributed by atoms with Crippen molar-refractivity contribution in [2.45, 2.75) is 25.2 Å². The molecule has 23 heavy (non-hydrogen) atoms. The van der Waals surface area contributed by atoms with Crippen LogP contribution in [0.2, 0.25) is 0 Å². The van der Waals surface area contributed by atoms with Gasteiger partial charge in [0.2, 0.25) is 0 Å². The molecule has 0 radical (unpaired) electrons. The third-order valence-corrected chi connectivity index (χ3v) is 4.32. The molecule has 0 aliphatic heterocycles. The quantitative estimate of drug-likeness (QED) is 0.622. The Morgan fingerprint density at radius 3 is 2.43 bits per heavy atom. The van der Waals surface area contributed by atoms with Crippen LogP contribution in [0.1, 0.15) is 17.5 Å². The molecule has 0 fully saturated rings. The Labute approximate surface area is 136 Å². The average molecular weight is 336 g/mol. The summed E-state index contributed by atoms with van der Waals surface area (Å²) in [5.41, 5.74) is 1.66. The minimum Gasteiger partial charge on any atom is -0.493 e. The van der Waals surface area contributed by atoms with Crippen LogP contribution in [0.5, 0.6) is 11.5 Å². The lowest BCUT2D eigenvalue weighted by Crippen LogP contribution is -2.10. The number of aryl methyl sites for hydroxylation is 2. The van der Waals surface area contributed by atoms with Gasteiger partial charge in [-0.3, -0.25) is 0 Å². The van der Waals surface area contributed by atoms with Crippen molar-refractivity contribution < 1.29 is 22.4 Å². The molecule has 0 saturated heterocycles. The minimum atomic E-state index is -3.89. The lowest BCUT2D eigenvalue weighted by molar-refractivity contribution is 0.233. The van der Waals surface area contributed by atoms with Crippen LogP contribution in [0.25, 0.3) is 0 Å². The molecule has 0 amide bonds. The Kier molecular flexibility index (Phi) is 5.63. The van der Waals surface area contributed by atoms with Crippen LogP contribution in [-0.2, 0) is 10.1 Å². The number of hydrogen-bond donors (Lipinski definition) is 1. The van der Waals surface area contributed by atoms with Crippen molar-refractivity contribution in [2.75, 3.05) is 13.2 Å². The van der Waals surface area contributed by atoms with E-state index in [1.165, 1.54) is 12.1 Å². The van der Waals surface area contributed by atoms with Crippen molar-refractivity contribution in [3.8, 4) is 11.5 Å². The topological polar surface area (TPSA) is 72.8 Å². The van der Waals surface area contributed by atoms with E-state index in [0.29, 0.717) is 18.8 Å². The molecule has 0 unspecified atom stereocenters. The first-order valence-electron chi connectivity index (χ1n) is 7.27. The maximum atomic E-state index is 12.3. The lowest BCUT2D eigenvalue weighted by atomic mass is 10.2. The van der Waals surface area contributed by atoms with Gasteiger partial charge in [-0.2, -0.15) is 8.42 Å². The van der Waals surface area contributed by atoms with Gasteiger partial charge in [0.15, 0.2) is 0 Å². The summed E-state index contributed by atoms with van der Waals surface area (Å²) in [5.74, 6) is 0.707. The Balaban J connectivity index is 2.21. The number of ether oxygens (including phenoxy) is 1. The molecular formula is C17H20O5S. The molecule has 2 rings (SSSR count). The van der Waals surface area contributed by atoms with Crippen LogP contribution in [-0.4, -0.2) is 26.7 Å². The zero-order valence-electron chi connectivity index (χ0n) is 13.2. The number of benzene rings is 2. The third-order valence-electron chi connectivity index (χ3n) is 3.08. The van der Waals surface area contributed by atoms with E-state index in [1.807, 2.05) is 19.9 Å². The highest BCUT2D eigenvalue weighted by Crippen LogP contribution is 2.26. The first kappa shape index (κ1) is 17.3. The van der Waals surface area contributed by atoms with E-state index < -0.39 is 10.1 Å². The molecular weight excluding hydrogens is 316 g/mol. The van der Waals surface area contributed by atoms with Gasteiger partial charge in [-0.15, -0.1) is 0 Å². The molecule has 0 spiro atoms. The standard InChI is InChI=1S/C17H20O5S/c1-13-5-3-6-17(11-13)23(19,20)22-16-10-14(2)9-15(12-16)21-8-4-7-18/h3,5-6,9-12,18H,4,7-8H2,1-2H3. The molecule has 1 N–H and O–H groups in total. The van der Waals surface area contributed by atoms with E-state index in [0.717, 1.165) is 11.1 Å². The van der Waals surface area contributed by atoms with Crippen LogP contribution in [0, 0.1) is 13.8 Å². The smallest absolute Gasteiger partial charge is 0.339 e. The van der Waals surface area contributed by atoms with Crippen LogP contribution in [0.3, 0.4) is 0 Å². The second-order valence-corrected chi connectivity index (χ2v) is 6.81. The van der Waals surface area contributed by atoms with E-state index in [2.05, 4.69) is 0 Å². The van der Waals surface area contributed by atoms with Gasteiger partial charge in [-0.1, -0.05) is 12.1 Å². The van der Waals surface area contributed by atoms with Crippen molar-refractivity contribution in [3.63, 3.8) is 0 Å². The highest BCUT2D eigenvalue weighted by Gasteiger charge is 2.17. The number of aliphatic hydroxyl groups is 1. The number of aliphatic hydroxyl groups excluding tert-OH is 1. The Hall–Kier alpha value is -2.05. The normalized spacial score (nSPS) is 11.3. The van der Waals surface area contributed by atoms with Gasteiger partial charge in [0.25, 0.3) is 0 Å². The molecule has 5 nitrogen and oxygen atoms in total. The Morgan fingerprint density at radius 1 is 1.00 bits per heavy atom. The van der Waals surface area contributed by atoms with Gasteiger partial charge >= 0.3 is 10.1 Å². The van der Waals surface area contributed by atoms with Crippen LogP contribution < -0.4 is 8.92 Å². The molecule has 0 aromatic heterocycles. The van der Waals surface area contributed by atoms with Crippen molar-refractivity contribution in [2.24, 2.45) is 0 Å². The van der Waals surface area contributed by atoms with Gasteiger partial charge in [0, 0.05) is 19.1 Å². The fraction of sp³-hybridized carbons (Fsp3) is 0.294. The van der Waals surface area contributed by atoms with E-state index >= 15 is 0 Å². The summed E-state index contributed by atoms with van der Waals surface area (Å²) in [6.45, 7) is 4.03. The Morgan fingerprint density at radius 2 is 1.74 bits per heavy atom. The molecule has 0 bridgehead atoms. The van der Waals surface area contributed by atoms with Gasteiger partial charge in [-0.05, 0) is 49.2 Å². The summed E-state index contributed by atoms with van der Waals surface area (Å²) in [6.07, 6.45) is 0.506. The first-order chi connectivity index (χ1) is 10.9. The van der Waals surface area contributed by atoms with Crippen molar-refractivity contribution in [3.05, 3.63) is 53.6 Å². The molecule has 0 aliphatic carbocycles. The van der Waals surface area contributed by atoms with Crippen LogP contribution in [0.15, 0.2) is 47.4 Å². The van der Waals surface area contributed by atoms with Crippen LogP contribution in [0.4, 0.5) is 0 Å². The van der Waals surface area contributed by atoms with E-state index in [4.69, 9.17) is 14.0 Å².